The molecule has 0 spiro atoms. The minimum absolute atomic E-state index is 0.255. The third-order valence-electron chi connectivity index (χ3n) is 1.62. The molecular formula is C11H15N. The standard InChI is InChI=1S/C11H15N/c1-10(12)6-5-9-11-7-3-2-4-8-11/h2-5,7-10H,6,12H2,1H3/b9-5-. The van der Waals surface area contributed by atoms with Gasteiger partial charge in [-0.3, -0.25) is 0 Å². The van der Waals surface area contributed by atoms with Gasteiger partial charge in [0.05, 0.1) is 0 Å². The summed E-state index contributed by atoms with van der Waals surface area (Å²) >= 11 is 0. The van der Waals surface area contributed by atoms with Gasteiger partial charge in [-0.1, -0.05) is 42.5 Å². The first-order valence-corrected chi connectivity index (χ1v) is 4.26. The lowest BCUT2D eigenvalue weighted by Gasteiger charge is -1.97. The van der Waals surface area contributed by atoms with Gasteiger partial charge >= 0.3 is 0 Å². The van der Waals surface area contributed by atoms with Gasteiger partial charge in [0, 0.05) is 6.04 Å². The van der Waals surface area contributed by atoms with Crippen LogP contribution in [-0.2, 0) is 0 Å². The second-order valence-electron chi connectivity index (χ2n) is 3.03. The molecule has 1 atom stereocenters. The van der Waals surface area contributed by atoms with Crippen LogP contribution in [0.3, 0.4) is 0 Å². The number of rotatable bonds is 3. The summed E-state index contributed by atoms with van der Waals surface area (Å²) in [6.07, 6.45) is 5.15. The summed E-state index contributed by atoms with van der Waals surface area (Å²) in [7, 11) is 0. The molecule has 1 aromatic carbocycles. The smallest absolute Gasteiger partial charge is 0.00451 e. The molecule has 0 radical (unpaired) electrons. The summed E-state index contributed by atoms with van der Waals surface area (Å²) in [6.45, 7) is 2.01. The fourth-order valence-electron chi connectivity index (χ4n) is 0.983. The highest BCUT2D eigenvalue weighted by Crippen LogP contribution is 2.02. The molecule has 0 aromatic heterocycles. The predicted octanol–water partition coefficient (Wildman–Crippen LogP) is 2.44. The Morgan fingerprint density at radius 2 is 2.00 bits per heavy atom. The highest BCUT2D eigenvalue weighted by atomic mass is 14.6. The SMILES string of the molecule is CC(N)C/C=C\c1ccccc1. The van der Waals surface area contributed by atoms with Gasteiger partial charge in [-0.05, 0) is 18.9 Å². The van der Waals surface area contributed by atoms with Crippen molar-refractivity contribution in [3.8, 4) is 0 Å². The zero-order chi connectivity index (χ0) is 8.81. The molecule has 0 fully saturated rings. The molecule has 0 heterocycles. The second-order valence-corrected chi connectivity index (χ2v) is 3.03. The topological polar surface area (TPSA) is 26.0 Å². The van der Waals surface area contributed by atoms with Crippen LogP contribution < -0.4 is 5.73 Å². The van der Waals surface area contributed by atoms with E-state index in [1.807, 2.05) is 25.1 Å². The molecule has 1 rings (SSSR count). The van der Waals surface area contributed by atoms with E-state index in [0.717, 1.165) is 6.42 Å². The first kappa shape index (κ1) is 9.01. The van der Waals surface area contributed by atoms with Gasteiger partial charge in [-0.15, -0.1) is 0 Å². The van der Waals surface area contributed by atoms with E-state index in [2.05, 4.69) is 24.3 Å². The Bertz CT molecular complexity index is 236. The van der Waals surface area contributed by atoms with Crippen LogP contribution in [0.2, 0.25) is 0 Å². The van der Waals surface area contributed by atoms with Crippen molar-refractivity contribution in [1.82, 2.24) is 0 Å². The average molecular weight is 161 g/mol. The van der Waals surface area contributed by atoms with Gasteiger partial charge in [-0.25, -0.2) is 0 Å². The first-order chi connectivity index (χ1) is 5.79. The molecule has 1 heteroatoms. The Hall–Kier alpha value is -1.08. The Labute approximate surface area is 73.9 Å². The molecular weight excluding hydrogens is 146 g/mol. The van der Waals surface area contributed by atoms with Crippen LogP contribution in [0, 0.1) is 0 Å². The van der Waals surface area contributed by atoms with Gasteiger partial charge in [0.2, 0.25) is 0 Å². The lowest BCUT2D eigenvalue weighted by Crippen LogP contribution is -2.12. The number of nitrogens with two attached hydrogens (primary N) is 1. The van der Waals surface area contributed by atoms with Crippen LogP contribution in [0.4, 0.5) is 0 Å². The highest BCUT2D eigenvalue weighted by Gasteiger charge is 1.87. The fourth-order valence-corrected chi connectivity index (χ4v) is 0.983. The Kier molecular flexibility index (Phi) is 3.55. The maximum absolute atomic E-state index is 5.61. The second kappa shape index (κ2) is 4.73. The third-order valence-corrected chi connectivity index (χ3v) is 1.62. The lowest BCUT2D eigenvalue weighted by molar-refractivity contribution is 0.759. The molecule has 2 N–H and O–H groups in total. The largest absolute Gasteiger partial charge is 0.328 e. The highest BCUT2D eigenvalue weighted by molar-refractivity contribution is 5.48. The van der Waals surface area contributed by atoms with E-state index >= 15 is 0 Å². The van der Waals surface area contributed by atoms with Crippen molar-refractivity contribution in [3.05, 3.63) is 42.0 Å². The summed E-state index contributed by atoms with van der Waals surface area (Å²) < 4.78 is 0. The van der Waals surface area contributed by atoms with Crippen molar-refractivity contribution in [2.75, 3.05) is 0 Å². The van der Waals surface area contributed by atoms with E-state index in [0.29, 0.717) is 0 Å². The van der Waals surface area contributed by atoms with E-state index in [1.165, 1.54) is 5.56 Å². The molecule has 0 bridgehead atoms. The zero-order valence-electron chi connectivity index (χ0n) is 7.40. The summed E-state index contributed by atoms with van der Waals surface area (Å²) in [5.74, 6) is 0. The van der Waals surface area contributed by atoms with Crippen molar-refractivity contribution in [1.29, 1.82) is 0 Å². The van der Waals surface area contributed by atoms with Gasteiger partial charge in [0.15, 0.2) is 0 Å². The molecule has 0 aliphatic carbocycles. The summed E-state index contributed by atoms with van der Waals surface area (Å²) in [5, 5.41) is 0. The number of benzene rings is 1. The molecule has 12 heavy (non-hydrogen) atoms. The average Bonchev–Trinajstić information content (AvgIpc) is 2.05. The van der Waals surface area contributed by atoms with E-state index in [9.17, 15) is 0 Å². The molecule has 0 aliphatic heterocycles. The fraction of sp³-hybridized carbons (Fsp3) is 0.273. The zero-order valence-corrected chi connectivity index (χ0v) is 7.40. The van der Waals surface area contributed by atoms with Crippen molar-refractivity contribution in [2.24, 2.45) is 5.73 Å². The number of hydrogen-bond donors (Lipinski definition) is 1. The predicted molar refractivity (Wildman–Crippen MR) is 53.7 cm³/mol. The van der Waals surface area contributed by atoms with Gasteiger partial charge in [0.25, 0.3) is 0 Å². The molecule has 1 unspecified atom stereocenters. The van der Waals surface area contributed by atoms with Crippen LogP contribution in [0.5, 0.6) is 0 Å². The van der Waals surface area contributed by atoms with Crippen molar-refractivity contribution >= 4 is 6.08 Å². The summed E-state index contributed by atoms with van der Waals surface area (Å²) in [5.41, 5.74) is 6.84. The van der Waals surface area contributed by atoms with E-state index in [-0.39, 0.29) is 6.04 Å². The van der Waals surface area contributed by atoms with Gasteiger partial charge in [-0.2, -0.15) is 0 Å². The first-order valence-electron chi connectivity index (χ1n) is 4.26. The van der Waals surface area contributed by atoms with E-state index in [1.54, 1.807) is 0 Å². The molecule has 0 saturated carbocycles. The van der Waals surface area contributed by atoms with E-state index < -0.39 is 0 Å². The summed E-state index contributed by atoms with van der Waals surface area (Å²) in [4.78, 5) is 0. The quantitative estimate of drug-likeness (QED) is 0.724. The van der Waals surface area contributed by atoms with Gasteiger partial charge in [0.1, 0.15) is 0 Å². The Morgan fingerprint density at radius 1 is 1.33 bits per heavy atom. The van der Waals surface area contributed by atoms with Crippen molar-refractivity contribution < 1.29 is 0 Å². The van der Waals surface area contributed by atoms with Gasteiger partial charge < -0.3 is 5.73 Å². The monoisotopic (exact) mass is 161 g/mol. The van der Waals surface area contributed by atoms with Crippen LogP contribution >= 0.6 is 0 Å². The van der Waals surface area contributed by atoms with Crippen molar-refractivity contribution in [3.63, 3.8) is 0 Å². The third kappa shape index (κ3) is 3.35. The maximum Gasteiger partial charge on any atom is 0.00451 e. The molecule has 0 saturated heterocycles. The van der Waals surface area contributed by atoms with Crippen molar-refractivity contribution in [2.45, 2.75) is 19.4 Å². The molecule has 0 amide bonds. The van der Waals surface area contributed by atoms with Crippen LogP contribution in [0.1, 0.15) is 18.9 Å². The van der Waals surface area contributed by atoms with Crippen LogP contribution in [0.25, 0.3) is 6.08 Å². The maximum atomic E-state index is 5.61. The minimum atomic E-state index is 0.255. The molecule has 64 valence electrons. The lowest BCUT2D eigenvalue weighted by atomic mass is 10.2. The van der Waals surface area contributed by atoms with Crippen LogP contribution in [0.15, 0.2) is 36.4 Å². The molecule has 1 aromatic rings. The molecule has 1 nitrogen and oxygen atoms in total. The minimum Gasteiger partial charge on any atom is -0.328 e. The Balaban J connectivity index is 2.47. The number of hydrogen-bond acceptors (Lipinski definition) is 1. The summed E-state index contributed by atoms with van der Waals surface area (Å²) in [6, 6.07) is 10.5. The Morgan fingerprint density at radius 3 is 2.58 bits per heavy atom. The normalized spacial score (nSPS) is 13.5. The van der Waals surface area contributed by atoms with E-state index in [4.69, 9.17) is 5.73 Å². The molecule has 0 aliphatic rings. The van der Waals surface area contributed by atoms with Crippen LogP contribution in [-0.4, -0.2) is 6.04 Å².